The van der Waals surface area contributed by atoms with E-state index in [0.29, 0.717) is 11.3 Å². The van der Waals surface area contributed by atoms with Crippen LogP contribution < -0.4 is 4.74 Å². The summed E-state index contributed by atoms with van der Waals surface area (Å²) in [6.45, 7) is 0. The molecule has 0 atom stereocenters. The summed E-state index contributed by atoms with van der Waals surface area (Å²) in [5.41, 5.74) is 0. The molecule has 3 nitrogen and oxygen atoms in total. The quantitative estimate of drug-likeness (QED) is 0.706. The molecule has 12 heavy (non-hydrogen) atoms. The van der Waals surface area contributed by atoms with Crippen LogP contribution in [0.1, 0.15) is 19.3 Å². The third kappa shape index (κ3) is 1.67. The maximum atomic E-state index is 5.64. The van der Waals surface area contributed by atoms with E-state index in [1.54, 1.807) is 12.3 Å². The summed E-state index contributed by atoms with van der Waals surface area (Å²) >= 11 is 5.64. The highest BCUT2D eigenvalue weighted by molar-refractivity contribution is 6.29. The van der Waals surface area contributed by atoms with Gasteiger partial charge >= 0.3 is 0 Å². The Morgan fingerprint density at radius 3 is 2.92 bits per heavy atom. The zero-order valence-electron chi connectivity index (χ0n) is 6.53. The fraction of sp³-hybridized carbons (Fsp3) is 0.500. The fourth-order valence-electron chi connectivity index (χ4n) is 1.07. The van der Waals surface area contributed by atoms with Crippen molar-refractivity contribution in [3.05, 3.63) is 17.4 Å². The van der Waals surface area contributed by atoms with Crippen molar-refractivity contribution in [1.82, 2.24) is 10.2 Å². The molecule has 2 rings (SSSR count). The fourth-order valence-corrected chi connectivity index (χ4v) is 1.22. The van der Waals surface area contributed by atoms with Crippen molar-refractivity contribution in [2.75, 3.05) is 0 Å². The Hall–Kier alpha value is -0.830. The van der Waals surface area contributed by atoms with Crippen LogP contribution in [0.4, 0.5) is 0 Å². The molecule has 1 aliphatic carbocycles. The molecule has 1 saturated carbocycles. The van der Waals surface area contributed by atoms with Gasteiger partial charge in [-0.1, -0.05) is 11.6 Å². The first-order valence-corrected chi connectivity index (χ1v) is 4.37. The summed E-state index contributed by atoms with van der Waals surface area (Å²) in [6.07, 6.45) is 5.49. The minimum Gasteiger partial charge on any atom is -0.489 e. The second-order valence-corrected chi connectivity index (χ2v) is 3.27. The first-order chi connectivity index (χ1) is 5.84. The van der Waals surface area contributed by atoms with E-state index in [2.05, 4.69) is 10.2 Å². The molecular weight excluding hydrogens is 176 g/mol. The maximum Gasteiger partial charge on any atom is 0.155 e. The van der Waals surface area contributed by atoms with E-state index in [-0.39, 0.29) is 0 Å². The van der Waals surface area contributed by atoms with Gasteiger partial charge in [-0.2, -0.15) is 5.10 Å². The molecule has 0 N–H and O–H groups in total. The Morgan fingerprint density at radius 1 is 1.50 bits per heavy atom. The molecule has 0 aliphatic heterocycles. The minimum atomic E-state index is 0.366. The molecule has 4 heteroatoms. The summed E-state index contributed by atoms with van der Waals surface area (Å²) in [7, 11) is 0. The van der Waals surface area contributed by atoms with E-state index in [0.717, 1.165) is 18.6 Å². The molecule has 0 aromatic carbocycles. The van der Waals surface area contributed by atoms with Crippen LogP contribution in [0.2, 0.25) is 5.15 Å². The van der Waals surface area contributed by atoms with Crippen molar-refractivity contribution < 1.29 is 4.74 Å². The minimum absolute atomic E-state index is 0.366. The van der Waals surface area contributed by atoms with Crippen molar-refractivity contribution in [2.45, 2.75) is 25.4 Å². The third-order valence-electron chi connectivity index (χ3n) is 1.95. The van der Waals surface area contributed by atoms with E-state index in [4.69, 9.17) is 16.3 Å². The van der Waals surface area contributed by atoms with Crippen LogP contribution >= 0.6 is 11.6 Å². The van der Waals surface area contributed by atoms with Gasteiger partial charge in [0.05, 0.1) is 12.3 Å². The maximum absolute atomic E-state index is 5.64. The van der Waals surface area contributed by atoms with Gasteiger partial charge in [-0.3, -0.25) is 0 Å². The van der Waals surface area contributed by atoms with Crippen LogP contribution in [0, 0.1) is 0 Å². The van der Waals surface area contributed by atoms with Gasteiger partial charge in [0.25, 0.3) is 0 Å². The SMILES string of the molecule is Clc1cc(OC2CCC2)cnn1. The van der Waals surface area contributed by atoms with E-state index < -0.39 is 0 Å². The van der Waals surface area contributed by atoms with E-state index >= 15 is 0 Å². The van der Waals surface area contributed by atoms with Gasteiger partial charge in [0, 0.05) is 6.07 Å². The smallest absolute Gasteiger partial charge is 0.155 e. The molecule has 1 heterocycles. The van der Waals surface area contributed by atoms with E-state index in [1.165, 1.54) is 6.42 Å². The molecule has 0 radical (unpaired) electrons. The second kappa shape index (κ2) is 3.27. The zero-order valence-corrected chi connectivity index (χ0v) is 7.29. The molecule has 1 fully saturated rings. The molecule has 1 aromatic rings. The van der Waals surface area contributed by atoms with Crippen LogP contribution in [0.5, 0.6) is 5.75 Å². The molecule has 1 aromatic heterocycles. The number of rotatable bonds is 2. The zero-order chi connectivity index (χ0) is 8.39. The molecule has 0 bridgehead atoms. The Morgan fingerprint density at radius 2 is 2.33 bits per heavy atom. The normalized spacial score (nSPS) is 17.1. The van der Waals surface area contributed by atoms with Gasteiger partial charge in [0.15, 0.2) is 5.15 Å². The summed E-state index contributed by atoms with van der Waals surface area (Å²) in [6, 6.07) is 1.69. The van der Waals surface area contributed by atoms with Crippen molar-refractivity contribution >= 4 is 11.6 Å². The van der Waals surface area contributed by atoms with E-state index in [9.17, 15) is 0 Å². The summed E-state index contributed by atoms with van der Waals surface area (Å²) < 4.78 is 5.54. The van der Waals surface area contributed by atoms with Crippen molar-refractivity contribution in [1.29, 1.82) is 0 Å². The molecule has 0 saturated heterocycles. The highest BCUT2D eigenvalue weighted by atomic mass is 35.5. The Balaban J connectivity index is 2.02. The third-order valence-corrected chi connectivity index (χ3v) is 2.14. The number of hydrogen-bond donors (Lipinski definition) is 0. The highest BCUT2D eigenvalue weighted by Gasteiger charge is 2.19. The lowest BCUT2D eigenvalue weighted by Gasteiger charge is -2.25. The number of hydrogen-bond acceptors (Lipinski definition) is 3. The van der Waals surface area contributed by atoms with Crippen LogP contribution in [-0.2, 0) is 0 Å². The van der Waals surface area contributed by atoms with Gasteiger partial charge in [0.1, 0.15) is 5.75 Å². The summed E-state index contributed by atoms with van der Waals surface area (Å²) in [5.74, 6) is 0.722. The molecule has 0 amide bonds. The van der Waals surface area contributed by atoms with Gasteiger partial charge in [0.2, 0.25) is 0 Å². The first-order valence-electron chi connectivity index (χ1n) is 3.99. The summed E-state index contributed by atoms with van der Waals surface area (Å²) in [4.78, 5) is 0. The van der Waals surface area contributed by atoms with Gasteiger partial charge in [-0.05, 0) is 19.3 Å². The van der Waals surface area contributed by atoms with Crippen LogP contribution in [-0.4, -0.2) is 16.3 Å². The number of aromatic nitrogens is 2. The number of halogens is 1. The Kier molecular flexibility index (Phi) is 2.13. The van der Waals surface area contributed by atoms with Crippen molar-refractivity contribution in [2.24, 2.45) is 0 Å². The molecule has 64 valence electrons. The lowest BCUT2D eigenvalue weighted by Crippen LogP contribution is -2.24. The average molecular weight is 185 g/mol. The van der Waals surface area contributed by atoms with E-state index in [1.807, 2.05) is 0 Å². The highest BCUT2D eigenvalue weighted by Crippen LogP contribution is 2.25. The molecule has 1 aliphatic rings. The summed E-state index contributed by atoms with van der Waals surface area (Å²) in [5, 5.41) is 7.70. The van der Waals surface area contributed by atoms with Gasteiger partial charge in [-0.25, -0.2) is 0 Å². The largest absolute Gasteiger partial charge is 0.489 e. The van der Waals surface area contributed by atoms with Crippen molar-refractivity contribution in [3.63, 3.8) is 0 Å². The number of nitrogens with zero attached hydrogens (tertiary/aromatic N) is 2. The van der Waals surface area contributed by atoms with Crippen molar-refractivity contribution in [3.8, 4) is 5.75 Å². The standard InChI is InChI=1S/C8H9ClN2O/c9-8-4-7(5-10-11-8)12-6-2-1-3-6/h4-6H,1-3H2. The first kappa shape index (κ1) is 7.80. The molecule has 0 spiro atoms. The van der Waals surface area contributed by atoms with Crippen LogP contribution in [0.3, 0.4) is 0 Å². The molecule has 0 unspecified atom stereocenters. The van der Waals surface area contributed by atoms with Crippen LogP contribution in [0.15, 0.2) is 12.3 Å². The lowest BCUT2D eigenvalue weighted by atomic mass is 9.96. The Labute approximate surface area is 75.7 Å². The monoisotopic (exact) mass is 184 g/mol. The predicted octanol–water partition coefficient (Wildman–Crippen LogP) is 2.06. The number of ether oxygens (including phenoxy) is 1. The average Bonchev–Trinajstić information content (AvgIpc) is 1.97. The lowest BCUT2D eigenvalue weighted by molar-refractivity contribution is 0.119. The Bertz CT molecular complexity index is 276. The van der Waals surface area contributed by atoms with Gasteiger partial charge in [-0.15, -0.1) is 5.10 Å². The second-order valence-electron chi connectivity index (χ2n) is 2.88. The molecular formula is C8H9ClN2O. The van der Waals surface area contributed by atoms with Crippen LogP contribution in [0.25, 0.3) is 0 Å². The topological polar surface area (TPSA) is 35.0 Å². The van der Waals surface area contributed by atoms with Gasteiger partial charge < -0.3 is 4.74 Å². The predicted molar refractivity (Wildman–Crippen MR) is 45.3 cm³/mol.